The van der Waals surface area contributed by atoms with Crippen LogP contribution in [-0.2, 0) is 14.3 Å². The quantitative estimate of drug-likeness (QED) is 0.331. The fourth-order valence-corrected chi connectivity index (χ4v) is 4.21. The highest BCUT2D eigenvalue weighted by Crippen LogP contribution is 2.35. The Bertz CT molecular complexity index is 503. The van der Waals surface area contributed by atoms with Crippen LogP contribution in [0.25, 0.3) is 0 Å². The molecule has 5 heteroatoms. The SMILES string of the molecule is CC(C)CCCOC(=O)C(CC(C)C)N(C)C(=O)OC1CC(C)CCC1C(C)C. The number of ether oxygens (including phenoxy) is 2. The van der Waals surface area contributed by atoms with E-state index in [1.54, 1.807) is 7.05 Å². The Morgan fingerprint density at radius 2 is 1.69 bits per heavy atom. The minimum Gasteiger partial charge on any atom is -0.464 e. The zero-order chi connectivity index (χ0) is 22.1. The number of nitrogens with zero attached hydrogens (tertiary/aromatic N) is 1. The molecule has 0 radical (unpaired) electrons. The minimum atomic E-state index is -0.597. The third kappa shape index (κ3) is 8.96. The van der Waals surface area contributed by atoms with E-state index in [-0.39, 0.29) is 18.0 Å². The van der Waals surface area contributed by atoms with Gasteiger partial charge in [-0.25, -0.2) is 9.59 Å². The van der Waals surface area contributed by atoms with Crippen molar-refractivity contribution in [2.75, 3.05) is 13.7 Å². The predicted octanol–water partition coefficient (Wildman–Crippen LogP) is 5.91. The summed E-state index contributed by atoms with van der Waals surface area (Å²) in [6.07, 6.45) is 5.15. The van der Waals surface area contributed by atoms with Gasteiger partial charge in [0.1, 0.15) is 12.1 Å². The topological polar surface area (TPSA) is 55.8 Å². The predicted molar refractivity (Wildman–Crippen MR) is 118 cm³/mol. The molecule has 1 aliphatic rings. The summed E-state index contributed by atoms with van der Waals surface area (Å²) in [5, 5.41) is 0. The second-order valence-electron chi connectivity index (χ2n) is 10.2. The summed E-state index contributed by atoms with van der Waals surface area (Å²) in [5.41, 5.74) is 0. The molecule has 0 N–H and O–H groups in total. The number of hydrogen-bond acceptors (Lipinski definition) is 4. The van der Waals surface area contributed by atoms with Crippen molar-refractivity contribution < 1.29 is 19.1 Å². The van der Waals surface area contributed by atoms with E-state index in [4.69, 9.17) is 9.47 Å². The van der Waals surface area contributed by atoms with Crippen LogP contribution in [0.3, 0.4) is 0 Å². The van der Waals surface area contributed by atoms with Crippen molar-refractivity contribution in [3.05, 3.63) is 0 Å². The number of likely N-dealkylation sites (N-methyl/N-ethyl adjacent to an activating group) is 1. The second-order valence-corrected chi connectivity index (χ2v) is 10.2. The van der Waals surface area contributed by atoms with Gasteiger partial charge >= 0.3 is 12.1 Å². The summed E-state index contributed by atoms with van der Waals surface area (Å²) in [7, 11) is 1.67. The fraction of sp³-hybridized carbons (Fsp3) is 0.917. The molecule has 5 nitrogen and oxygen atoms in total. The zero-order valence-corrected chi connectivity index (χ0v) is 20.1. The number of hydrogen-bond donors (Lipinski definition) is 0. The lowest BCUT2D eigenvalue weighted by Crippen LogP contribution is -2.47. The maximum absolute atomic E-state index is 12.9. The molecule has 0 aromatic rings. The van der Waals surface area contributed by atoms with Crippen LogP contribution in [0.5, 0.6) is 0 Å². The molecule has 4 unspecified atom stereocenters. The molecule has 0 aromatic carbocycles. The van der Waals surface area contributed by atoms with Crippen molar-refractivity contribution in [2.45, 2.75) is 99.1 Å². The standard InChI is InChI=1S/C24H45NO4/c1-16(2)10-9-13-28-23(26)21(14-17(3)4)25(8)24(27)29-22-15-19(7)11-12-20(22)18(5)6/h16-22H,9-15H2,1-8H3. The maximum atomic E-state index is 12.9. The molecule has 1 saturated carbocycles. The highest BCUT2D eigenvalue weighted by molar-refractivity contribution is 5.81. The van der Waals surface area contributed by atoms with Gasteiger partial charge in [-0.1, -0.05) is 54.9 Å². The van der Waals surface area contributed by atoms with E-state index in [0.717, 1.165) is 25.7 Å². The van der Waals surface area contributed by atoms with Crippen LogP contribution in [0.1, 0.15) is 87.0 Å². The van der Waals surface area contributed by atoms with Crippen molar-refractivity contribution >= 4 is 12.1 Å². The zero-order valence-electron chi connectivity index (χ0n) is 20.1. The van der Waals surface area contributed by atoms with Crippen LogP contribution in [0.15, 0.2) is 0 Å². The molecule has 0 saturated heterocycles. The molecule has 1 rings (SSSR count). The van der Waals surface area contributed by atoms with Gasteiger partial charge in [0.05, 0.1) is 6.61 Å². The van der Waals surface area contributed by atoms with Crippen molar-refractivity contribution in [2.24, 2.45) is 29.6 Å². The van der Waals surface area contributed by atoms with Crippen molar-refractivity contribution in [1.82, 2.24) is 4.90 Å². The largest absolute Gasteiger partial charge is 0.464 e. The van der Waals surface area contributed by atoms with Gasteiger partial charge in [0, 0.05) is 7.05 Å². The fourth-order valence-electron chi connectivity index (χ4n) is 4.21. The Morgan fingerprint density at radius 1 is 1.03 bits per heavy atom. The lowest BCUT2D eigenvalue weighted by atomic mass is 9.75. The van der Waals surface area contributed by atoms with Crippen molar-refractivity contribution in [3.63, 3.8) is 0 Å². The molecule has 0 spiro atoms. The second kappa shape index (κ2) is 12.4. The number of rotatable bonds is 10. The smallest absolute Gasteiger partial charge is 0.410 e. The number of esters is 1. The first-order valence-electron chi connectivity index (χ1n) is 11.6. The van der Waals surface area contributed by atoms with Crippen molar-refractivity contribution in [3.8, 4) is 0 Å². The first-order chi connectivity index (χ1) is 13.5. The summed E-state index contributed by atoms with van der Waals surface area (Å²) in [5.74, 6) is 1.96. The van der Waals surface area contributed by atoms with E-state index >= 15 is 0 Å². The summed E-state index contributed by atoms with van der Waals surface area (Å²) in [4.78, 5) is 27.1. The Kier molecular flexibility index (Phi) is 11.1. The van der Waals surface area contributed by atoms with E-state index in [1.165, 1.54) is 11.3 Å². The van der Waals surface area contributed by atoms with Gasteiger partial charge in [0.2, 0.25) is 0 Å². The molecule has 4 atom stereocenters. The monoisotopic (exact) mass is 411 g/mol. The average molecular weight is 412 g/mol. The minimum absolute atomic E-state index is 0.0736. The molecule has 1 aliphatic carbocycles. The summed E-state index contributed by atoms with van der Waals surface area (Å²) in [6, 6.07) is -0.597. The van der Waals surface area contributed by atoms with Gasteiger partial charge in [-0.3, -0.25) is 4.90 Å². The van der Waals surface area contributed by atoms with Gasteiger partial charge in [0.25, 0.3) is 0 Å². The van der Waals surface area contributed by atoms with E-state index in [9.17, 15) is 9.59 Å². The third-order valence-electron chi connectivity index (χ3n) is 6.11. The highest BCUT2D eigenvalue weighted by atomic mass is 16.6. The van der Waals surface area contributed by atoms with Gasteiger partial charge in [0.15, 0.2) is 0 Å². The summed E-state index contributed by atoms with van der Waals surface area (Å²) in [6.45, 7) is 15.4. The molecule has 0 aromatic heterocycles. The Labute approximate surface area is 178 Å². The van der Waals surface area contributed by atoms with E-state index < -0.39 is 12.1 Å². The van der Waals surface area contributed by atoms with E-state index in [2.05, 4.69) is 48.5 Å². The molecule has 1 fully saturated rings. The Balaban J connectivity index is 2.74. The maximum Gasteiger partial charge on any atom is 0.410 e. The molecule has 0 bridgehead atoms. The molecular weight excluding hydrogens is 366 g/mol. The van der Waals surface area contributed by atoms with Crippen LogP contribution in [-0.4, -0.2) is 42.8 Å². The molecule has 170 valence electrons. The van der Waals surface area contributed by atoms with E-state index in [1.807, 2.05) is 0 Å². The lowest BCUT2D eigenvalue weighted by molar-refractivity contribution is -0.150. The first kappa shape index (κ1) is 25.8. The van der Waals surface area contributed by atoms with Gasteiger partial charge < -0.3 is 9.47 Å². The molecule has 1 amide bonds. The van der Waals surface area contributed by atoms with E-state index in [0.29, 0.717) is 36.7 Å². The van der Waals surface area contributed by atoms with Crippen LogP contribution in [0.4, 0.5) is 4.79 Å². The lowest BCUT2D eigenvalue weighted by Gasteiger charge is -2.38. The molecule has 0 aliphatic heterocycles. The summed E-state index contributed by atoms with van der Waals surface area (Å²) >= 11 is 0. The summed E-state index contributed by atoms with van der Waals surface area (Å²) < 4.78 is 11.5. The first-order valence-corrected chi connectivity index (χ1v) is 11.6. The Hall–Kier alpha value is -1.26. The van der Waals surface area contributed by atoms with Gasteiger partial charge in [-0.2, -0.15) is 0 Å². The Morgan fingerprint density at radius 3 is 2.24 bits per heavy atom. The van der Waals surface area contributed by atoms with Gasteiger partial charge in [-0.05, 0) is 61.7 Å². The highest BCUT2D eigenvalue weighted by Gasteiger charge is 2.36. The number of carbonyl (C=O) groups excluding carboxylic acids is 2. The van der Waals surface area contributed by atoms with Crippen LogP contribution >= 0.6 is 0 Å². The molecule has 29 heavy (non-hydrogen) atoms. The number of amides is 1. The van der Waals surface area contributed by atoms with Crippen LogP contribution in [0, 0.1) is 29.6 Å². The van der Waals surface area contributed by atoms with Crippen molar-refractivity contribution in [1.29, 1.82) is 0 Å². The number of carbonyl (C=O) groups is 2. The normalized spacial score (nSPS) is 23.3. The molecule has 0 heterocycles. The average Bonchev–Trinajstić information content (AvgIpc) is 2.61. The van der Waals surface area contributed by atoms with Gasteiger partial charge in [-0.15, -0.1) is 0 Å². The molecular formula is C24H45NO4. The van der Waals surface area contributed by atoms with Crippen LogP contribution in [0.2, 0.25) is 0 Å². The third-order valence-corrected chi connectivity index (χ3v) is 6.11. The van der Waals surface area contributed by atoms with Crippen LogP contribution < -0.4 is 0 Å².